The van der Waals surface area contributed by atoms with Crippen LogP contribution in [0.3, 0.4) is 0 Å². The number of likely N-dealkylation sites (tertiary alicyclic amines) is 1. The number of nitrogens with zero attached hydrogens (tertiary/aromatic N) is 1. The summed E-state index contributed by atoms with van der Waals surface area (Å²) >= 11 is 0. The third kappa shape index (κ3) is 3.33. The van der Waals surface area contributed by atoms with Crippen molar-refractivity contribution >= 4 is 0 Å². The summed E-state index contributed by atoms with van der Waals surface area (Å²) in [4.78, 5) is 2.81. The zero-order chi connectivity index (χ0) is 13.9. The highest BCUT2D eigenvalue weighted by Gasteiger charge is 2.50. The van der Waals surface area contributed by atoms with Gasteiger partial charge in [-0.15, -0.1) is 0 Å². The van der Waals surface area contributed by atoms with Crippen LogP contribution in [0, 0.1) is 11.8 Å². The van der Waals surface area contributed by atoms with Crippen molar-refractivity contribution < 1.29 is 0 Å². The van der Waals surface area contributed by atoms with E-state index in [0.29, 0.717) is 5.54 Å². The minimum atomic E-state index is 0.400. The summed E-state index contributed by atoms with van der Waals surface area (Å²) in [6.07, 6.45) is 8.44. The first-order chi connectivity index (χ1) is 9.07. The maximum absolute atomic E-state index is 3.58. The molecule has 0 aliphatic carbocycles. The molecule has 0 bridgehead atoms. The van der Waals surface area contributed by atoms with Crippen LogP contribution in [0.15, 0.2) is 0 Å². The minimum Gasteiger partial charge on any atom is -0.316 e. The van der Waals surface area contributed by atoms with E-state index < -0.39 is 0 Å². The first kappa shape index (κ1) is 15.3. The predicted octanol–water partition coefficient (Wildman–Crippen LogP) is 3.67. The SMILES string of the molecule is CCCCCCCC(C)N1CC2CNCC2C1(C)C. The highest BCUT2D eigenvalue weighted by atomic mass is 15.3. The average Bonchev–Trinajstić information content (AvgIpc) is 2.91. The molecule has 0 aromatic carbocycles. The van der Waals surface area contributed by atoms with Gasteiger partial charge in [0, 0.05) is 24.7 Å². The lowest BCUT2D eigenvalue weighted by Gasteiger charge is -2.40. The molecule has 112 valence electrons. The molecule has 2 heteroatoms. The van der Waals surface area contributed by atoms with Crippen LogP contribution in [0.2, 0.25) is 0 Å². The Morgan fingerprint density at radius 2 is 1.89 bits per heavy atom. The number of rotatable bonds is 7. The van der Waals surface area contributed by atoms with E-state index in [-0.39, 0.29) is 0 Å². The quantitative estimate of drug-likeness (QED) is 0.707. The van der Waals surface area contributed by atoms with Gasteiger partial charge in [0.05, 0.1) is 0 Å². The number of hydrogen-bond donors (Lipinski definition) is 1. The molecule has 19 heavy (non-hydrogen) atoms. The third-order valence-corrected chi connectivity index (χ3v) is 5.68. The first-order valence-corrected chi connectivity index (χ1v) is 8.54. The Morgan fingerprint density at radius 1 is 1.16 bits per heavy atom. The second kappa shape index (κ2) is 6.58. The summed E-state index contributed by atoms with van der Waals surface area (Å²) in [5, 5.41) is 3.58. The van der Waals surface area contributed by atoms with Crippen molar-refractivity contribution in [2.24, 2.45) is 11.8 Å². The summed E-state index contributed by atoms with van der Waals surface area (Å²) in [5.74, 6) is 1.77. The topological polar surface area (TPSA) is 15.3 Å². The van der Waals surface area contributed by atoms with Crippen LogP contribution in [0.5, 0.6) is 0 Å². The number of hydrogen-bond acceptors (Lipinski definition) is 2. The fraction of sp³-hybridized carbons (Fsp3) is 1.00. The van der Waals surface area contributed by atoms with Crippen molar-refractivity contribution in [1.82, 2.24) is 10.2 Å². The van der Waals surface area contributed by atoms with Gasteiger partial charge in [0.1, 0.15) is 0 Å². The molecule has 0 saturated carbocycles. The van der Waals surface area contributed by atoms with Gasteiger partial charge >= 0.3 is 0 Å². The van der Waals surface area contributed by atoms with E-state index >= 15 is 0 Å². The summed E-state index contributed by atoms with van der Waals surface area (Å²) in [5.41, 5.74) is 0.400. The fourth-order valence-electron chi connectivity index (χ4n) is 4.40. The van der Waals surface area contributed by atoms with E-state index in [1.807, 2.05) is 0 Å². The molecule has 3 unspecified atom stereocenters. The van der Waals surface area contributed by atoms with Gasteiger partial charge in [-0.1, -0.05) is 39.0 Å². The van der Waals surface area contributed by atoms with E-state index in [9.17, 15) is 0 Å². The first-order valence-electron chi connectivity index (χ1n) is 8.54. The Bertz CT molecular complexity index is 274. The lowest BCUT2D eigenvalue weighted by molar-refractivity contribution is 0.0911. The van der Waals surface area contributed by atoms with E-state index in [0.717, 1.165) is 17.9 Å². The van der Waals surface area contributed by atoms with E-state index in [2.05, 4.69) is 37.9 Å². The minimum absolute atomic E-state index is 0.400. The molecule has 2 saturated heterocycles. The molecular weight excluding hydrogens is 232 g/mol. The Hall–Kier alpha value is -0.0800. The molecule has 2 rings (SSSR count). The number of unbranched alkanes of at least 4 members (excludes halogenated alkanes) is 4. The average molecular weight is 266 g/mol. The van der Waals surface area contributed by atoms with Crippen molar-refractivity contribution in [2.75, 3.05) is 19.6 Å². The fourth-order valence-corrected chi connectivity index (χ4v) is 4.40. The van der Waals surface area contributed by atoms with E-state index in [1.165, 1.54) is 58.2 Å². The van der Waals surface area contributed by atoms with Crippen LogP contribution in [0.25, 0.3) is 0 Å². The normalized spacial score (nSPS) is 31.6. The summed E-state index contributed by atoms with van der Waals surface area (Å²) in [6.45, 7) is 13.5. The van der Waals surface area contributed by atoms with Crippen molar-refractivity contribution in [1.29, 1.82) is 0 Å². The zero-order valence-electron chi connectivity index (χ0n) is 13.5. The summed E-state index contributed by atoms with van der Waals surface area (Å²) < 4.78 is 0. The second-order valence-corrected chi connectivity index (χ2v) is 7.38. The molecule has 0 amide bonds. The monoisotopic (exact) mass is 266 g/mol. The van der Waals surface area contributed by atoms with Gasteiger partial charge in [0.2, 0.25) is 0 Å². The summed E-state index contributed by atoms with van der Waals surface area (Å²) in [7, 11) is 0. The molecule has 2 heterocycles. The lowest BCUT2D eigenvalue weighted by Crippen LogP contribution is -2.48. The highest BCUT2D eigenvalue weighted by Crippen LogP contribution is 2.42. The molecule has 0 spiro atoms. The van der Waals surface area contributed by atoms with Crippen molar-refractivity contribution in [2.45, 2.75) is 77.8 Å². The van der Waals surface area contributed by atoms with Crippen molar-refractivity contribution in [3.8, 4) is 0 Å². The predicted molar refractivity (Wildman–Crippen MR) is 83.5 cm³/mol. The van der Waals surface area contributed by atoms with Crippen LogP contribution < -0.4 is 5.32 Å². The molecule has 3 atom stereocenters. The van der Waals surface area contributed by atoms with Crippen molar-refractivity contribution in [3.05, 3.63) is 0 Å². The molecule has 2 aliphatic rings. The Balaban J connectivity index is 1.78. The molecule has 0 aromatic heterocycles. The van der Waals surface area contributed by atoms with Crippen LogP contribution in [0.1, 0.15) is 66.2 Å². The maximum Gasteiger partial charge on any atom is 0.0200 e. The molecule has 1 N–H and O–H groups in total. The molecule has 0 radical (unpaired) electrons. The van der Waals surface area contributed by atoms with Gasteiger partial charge in [-0.3, -0.25) is 4.90 Å². The molecule has 2 fully saturated rings. The lowest BCUT2D eigenvalue weighted by atomic mass is 9.84. The Morgan fingerprint density at radius 3 is 2.58 bits per heavy atom. The number of nitrogens with one attached hydrogen (secondary N) is 1. The smallest absolute Gasteiger partial charge is 0.0200 e. The van der Waals surface area contributed by atoms with Crippen LogP contribution in [-0.4, -0.2) is 36.1 Å². The molecule has 2 aliphatic heterocycles. The standard InChI is InChI=1S/C17H34N2/c1-5-6-7-8-9-10-14(2)19-13-15-11-18-12-16(15)17(19,3)4/h14-16,18H,5-13H2,1-4H3. The second-order valence-electron chi connectivity index (χ2n) is 7.38. The molecular formula is C17H34N2. The van der Waals surface area contributed by atoms with Gasteiger partial charge in [-0.2, -0.15) is 0 Å². The zero-order valence-corrected chi connectivity index (χ0v) is 13.5. The Kier molecular flexibility index (Phi) is 5.30. The van der Waals surface area contributed by atoms with E-state index in [1.54, 1.807) is 0 Å². The van der Waals surface area contributed by atoms with Crippen LogP contribution in [0.4, 0.5) is 0 Å². The maximum atomic E-state index is 3.58. The van der Waals surface area contributed by atoms with Crippen LogP contribution >= 0.6 is 0 Å². The summed E-state index contributed by atoms with van der Waals surface area (Å²) in [6, 6.07) is 0.766. The van der Waals surface area contributed by atoms with Gasteiger partial charge in [0.15, 0.2) is 0 Å². The number of fused-ring (bicyclic) bond motifs is 1. The molecule has 2 nitrogen and oxygen atoms in total. The highest BCUT2D eigenvalue weighted by molar-refractivity contribution is 5.05. The largest absolute Gasteiger partial charge is 0.316 e. The Labute approximate surface area is 120 Å². The van der Waals surface area contributed by atoms with Gasteiger partial charge in [-0.25, -0.2) is 0 Å². The van der Waals surface area contributed by atoms with Gasteiger partial charge < -0.3 is 5.32 Å². The van der Waals surface area contributed by atoms with Gasteiger partial charge in [0.25, 0.3) is 0 Å². The van der Waals surface area contributed by atoms with Crippen LogP contribution in [-0.2, 0) is 0 Å². The third-order valence-electron chi connectivity index (χ3n) is 5.68. The van der Waals surface area contributed by atoms with Gasteiger partial charge in [-0.05, 0) is 45.6 Å². The van der Waals surface area contributed by atoms with Crippen molar-refractivity contribution in [3.63, 3.8) is 0 Å². The van der Waals surface area contributed by atoms with E-state index in [4.69, 9.17) is 0 Å². The molecule has 0 aromatic rings.